The predicted octanol–water partition coefficient (Wildman–Crippen LogP) is 1.46. The lowest BCUT2D eigenvalue weighted by Crippen LogP contribution is -2.39. The van der Waals surface area contributed by atoms with Crippen LogP contribution in [0.1, 0.15) is 40.5 Å². The molecule has 0 radical (unpaired) electrons. The van der Waals surface area contributed by atoms with Crippen LogP contribution in [0.15, 0.2) is 0 Å². The molecule has 0 spiro atoms. The third-order valence-electron chi connectivity index (χ3n) is 2.53. The van der Waals surface area contributed by atoms with Gasteiger partial charge in [0.2, 0.25) is 0 Å². The lowest BCUT2D eigenvalue weighted by Gasteiger charge is -2.31. The van der Waals surface area contributed by atoms with Crippen LogP contribution >= 0.6 is 0 Å². The van der Waals surface area contributed by atoms with Crippen LogP contribution in [0.2, 0.25) is 0 Å². The van der Waals surface area contributed by atoms with Crippen molar-refractivity contribution in [1.82, 2.24) is 0 Å². The fraction of sp³-hybridized carbons (Fsp3) is 0.769. The van der Waals surface area contributed by atoms with E-state index in [1.807, 2.05) is 6.92 Å². The largest absolute Gasteiger partial charge is 0.465 e. The van der Waals surface area contributed by atoms with Crippen molar-refractivity contribution in [2.75, 3.05) is 19.8 Å². The van der Waals surface area contributed by atoms with Crippen molar-refractivity contribution in [2.45, 2.75) is 40.5 Å². The molecule has 0 aliphatic heterocycles. The van der Waals surface area contributed by atoms with Crippen molar-refractivity contribution in [3.05, 3.63) is 0 Å². The van der Waals surface area contributed by atoms with Crippen LogP contribution in [0.5, 0.6) is 0 Å². The zero-order valence-electron chi connectivity index (χ0n) is 12.0. The molecule has 0 aromatic carbocycles. The maximum atomic E-state index is 10.9. The van der Waals surface area contributed by atoms with E-state index in [2.05, 4.69) is 0 Å². The summed E-state index contributed by atoms with van der Waals surface area (Å²) in [6.45, 7) is 6.01. The maximum absolute atomic E-state index is 10.9. The molecule has 19 heavy (non-hydrogen) atoms. The zero-order valence-corrected chi connectivity index (χ0v) is 12.0. The van der Waals surface area contributed by atoms with E-state index < -0.39 is 23.3 Å². The van der Waals surface area contributed by atoms with E-state index in [9.17, 15) is 14.4 Å². The molecule has 0 aliphatic carbocycles. The monoisotopic (exact) mass is 274 g/mol. The Morgan fingerprint density at radius 1 is 0.789 bits per heavy atom. The maximum Gasteiger partial charge on any atom is 0.302 e. The lowest BCUT2D eigenvalue weighted by molar-refractivity contribution is -0.159. The summed E-state index contributed by atoms with van der Waals surface area (Å²) in [6.07, 6.45) is 1.39. The minimum Gasteiger partial charge on any atom is -0.465 e. The van der Waals surface area contributed by atoms with Crippen LogP contribution in [-0.4, -0.2) is 37.7 Å². The molecule has 0 bridgehead atoms. The summed E-state index contributed by atoms with van der Waals surface area (Å²) in [5.74, 6) is -1.27. The summed E-state index contributed by atoms with van der Waals surface area (Å²) in [5.41, 5.74) is -0.683. The van der Waals surface area contributed by atoms with Gasteiger partial charge in [0.1, 0.15) is 19.8 Å². The van der Waals surface area contributed by atoms with Gasteiger partial charge in [0.15, 0.2) is 0 Å². The molecule has 110 valence electrons. The molecule has 0 heterocycles. The first-order valence-electron chi connectivity index (χ1n) is 6.21. The summed E-state index contributed by atoms with van der Waals surface area (Å²) >= 11 is 0. The van der Waals surface area contributed by atoms with E-state index in [1.165, 1.54) is 20.8 Å². The third kappa shape index (κ3) is 8.18. The van der Waals surface area contributed by atoms with Gasteiger partial charge in [-0.25, -0.2) is 0 Å². The van der Waals surface area contributed by atoms with Gasteiger partial charge in [-0.1, -0.05) is 13.3 Å². The summed E-state index contributed by atoms with van der Waals surface area (Å²) in [6, 6.07) is 0. The number of carbonyl (C=O) groups is 3. The highest BCUT2D eigenvalue weighted by atomic mass is 16.6. The van der Waals surface area contributed by atoms with Gasteiger partial charge in [-0.15, -0.1) is 0 Å². The fourth-order valence-electron chi connectivity index (χ4n) is 1.64. The van der Waals surface area contributed by atoms with E-state index >= 15 is 0 Å². The van der Waals surface area contributed by atoms with Gasteiger partial charge in [0.25, 0.3) is 0 Å². The topological polar surface area (TPSA) is 78.9 Å². The van der Waals surface area contributed by atoms with Gasteiger partial charge in [-0.2, -0.15) is 0 Å². The van der Waals surface area contributed by atoms with Crippen LogP contribution < -0.4 is 0 Å². The SMILES string of the molecule is CCCC(COC(C)=O)(COC(C)=O)COC(C)=O. The van der Waals surface area contributed by atoms with Gasteiger partial charge >= 0.3 is 17.9 Å². The van der Waals surface area contributed by atoms with E-state index in [1.54, 1.807) is 0 Å². The average molecular weight is 274 g/mol. The van der Waals surface area contributed by atoms with Crippen LogP contribution in [0.3, 0.4) is 0 Å². The van der Waals surface area contributed by atoms with Crippen molar-refractivity contribution >= 4 is 17.9 Å². The van der Waals surface area contributed by atoms with Crippen molar-refractivity contribution < 1.29 is 28.6 Å². The summed E-state index contributed by atoms with van der Waals surface area (Å²) in [4.78, 5) is 32.8. The highest BCUT2D eigenvalue weighted by Gasteiger charge is 2.34. The second kappa shape index (κ2) is 8.50. The van der Waals surface area contributed by atoms with Crippen LogP contribution in [0.4, 0.5) is 0 Å². The molecule has 6 nitrogen and oxygen atoms in total. The molecule has 0 rings (SSSR count). The number of esters is 3. The average Bonchev–Trinajstić information content (AvgIpc) is 2.31. The molecule has 0 amide bonds. The van der Waals surface area contributed by atoms with Crippen molar-refractivity contribution in [1.29, 1.82) is 0 Å². The number of ether oxygens (including phenoxy) is 3. The first kappa shape index (κ1) is 17.4. The third-order valence-corrected chi connectivity index (χ3v) is 2.53. The molecule has 6 heteroatoms. The Morgan fingerprint density at radius 2 is 1.11 bits per heavy atom. The lowest BCUT2D eigenvalue weighted by atomic mass is 9.86. The molecule has 0 aliphatic rings. The summed E-state index contributed by atoms with van der Waals surface area (Å²) in [7, 11) is 0. The molecular weight excluding hydrogens is 252 g/mol. The Morgan fingerprint density at radius 3 is 1.32 bits per heavy atom. The zero-order chi connectivity index (χ0) is 14.9. The summed E-state index contributed by atoms with van der Waals surface area (Å²) < 4.78 is 15.0. The molecule has 0 unspecified atom stereocenters. The second-order valence-electron chi connectivity index (χ2n) is 4.59. The first-order valence-corrected chi connectivity index (χ1v) is 6.21. The number of rotatable bonds is 8. The molecule has 0 N–H and O–H groups in total. The molecule has 0 fully saturated rings. The predicted molar refractivity (Wildman–Crippen MR) is 67.2 cm³/mol. The highest BCUT2D eigenvalue weighted by Crippen LogP contribution is 2.26. The fourth-order valence-corrected chi connectivity index (χ4v) is 1.64. The van der Waals surface area contributed by atoms with Crippen molar-refractivity contribution in [2.24, 2.45) is 5.41 Å². The molecule has 0 aromatic heterocycles. The Balaban J connectivity index is 4.79. The van der Waals surface area contributed by atoms with Gasteiger partial charge in [0.05, 0.1) is 5.41 Å². The molecule has 0 aromatic rings. The molecule has 0 atom stereocenters. The van der Waals surface area contributed by atoms with E-state index in [-0.39, 0.29) is 19.8 Å². The standard InChI is InChI=1S/C13H22O6/c1-5-6-13(7-17-10(2)14,8-18-11(3)15)9-19-12(4)16/h5-9H2,1-4H3. The van der Waals surface area contributed by atoms with Crippen molar-refractivity contribution in [3.8, 4) is 0 Å². The normalized spacial score (nSPS) is 10.7. The number of hydrogen-bond donors (Lipinski definition) is 0. The van der Waals surface area contributed by atoms with E-state index in [4.69, 9.17) is 14.2 Å². The van der Waals surface area contributed by atoms with Crippen LogP contribution in [0, 0.1) is 5.41 Å². The Bertz CT molecular complexity index is 278. The minimum atomic E-state index is -0.683. The molecule has 0 saturated heterocycles. The quantitative estimate of drug-likeness (QED) is 0.492. The van der Waals surface area contributed by atoms with Gasteiger partial charge < -0.3 is 14.2 Å². The Hall–Kier alpha value is -1.59. The van der Waals surface area contributed by atoms with Gasteiger partial charge in [-0.05, 0) is 6.42 Å². The Kier molecular flexibility index (Phi) is 7.79. The van der Waals surface area contributed by atoms with Gasteiger partial charge in [-0.3, -0.25) is 14.4 Å². The number of hydrogen-bond acceptors (Lipinski definition) is 6. The number of carbonyl (C=O) groups excluding carboxylic acids is 3. The summed E-state index contributed by atoms with van der Waals surface area (Å²) in [5, 5.41) is 0. The van der Waals surface area contributed by atoms with Crippen LogP contribution in [0.25, 0.3) is 0 Å². The highest BCUT2D eigenvalue weighted by molar-refractivity contribution is 5.67. The molecule has 0 saturated carbocycles. The minimum absolute atomic E-state index is 0.0523. The van der Waals surface area contributed by atoms with E-state index in [0.29, 0.717) is 6.42 Å². The van der Waals surface area contributed by atoms with Gasteiger partial charge in [0, 0.05) is 20.8 Å². The second-order valence-corrected chi connectivity index (χ2v) is 4.59. The van der Waals surface area contributed by atoms with Crippen LogP contribution in [-0.2, 0) is 28.6 Å². The molecular formula is C13H22O6. The van der Waals surface area contributed by atoms with E-state index in [0.717, 1.165) is 6.42 Å². The van der Waals surface area contributed by atoms with Crippen molar-refractivity contribution in [3.63, 3.8) is 0 Å². The Labute approximate surface area is 113 Å². The first-order chi connectivity index (χ1) is 8.81. The smallest absolute Gasteiger partial charge is 0.302 e.